The van der Waals surface area contributed by atoms with Crippen molar-refractivity contribution in [2.75, 3.05) is 25.1 Å². The quantitative estimate of drug-likeness (QED) is 0.374. The molecule has 0 unspecified atom stereocenters. The van der Waals surface area contributed by atoms with Gasteiger partial charge in [-0.05, 0) is 24.6 Å². The summed E-state index contributed by atoms with van der Waals surface area (Å²) in [5.41, 5.74) is -0.0817. The van der Waals surface area contributed by atoms with Crippen LogP contribution >= 0.6 is 24.0 Å². The van der Waals surface area contributed by atoms with Gasteiger partial charge < -0.3 is 10.6 Å². The van der Waals surface area contributed by atoms with Gasteiger partial charge >= 0.3 is 6.18 Å². The van der Waals surface area contributed by atoms with Crippen molar-refractivity contribution in [3.8, 4) is 0 Å². The Bertz CT molecular complexity index is 632. The van der Waals surface area contributed by atoms with Crippen LogP contribution in [0.1, 0.15) is 18.1 Å². The average Bonchev–Trinajstić information content (AvgIpc) is 2.43. The van der Waals surface area contributed by atoms with E-state index in [1.54, 1.807) is 0 Å². The third-order valence-electron chi connectivity index (χ3n) is 2.81. The zero-order chi connectivity index (χ0) is 17.5. The van der Waals surface area contributed by atoms with Crippen LogP contribution in [0.4, 0.5) is 13.2 Å². The first kappa shape index (κ1) is 23.0. The Labute approximate surface area is 157 Å². The predicted octanol–water partition coefficient (Wildman–Crippen LogP) is 2.42. The lowest BCUT2D eigenvalue weighted by atomic mass is 10.1. The van der Waals surface area contributed by atoms with Crippen molar-refractivity contribution in [1.82, 2.24) is 10.6 Å². The number of halogens is 4. The van der Waals surface area contributed by atoms with E-state index in [0.717, 1.165) is 18.4 Å². The fourth-order valence-electron chi connectivity index (χ4n) is 1.67. The minimum absolute atomic E-state index is 0. The van der Waals surface area contributed by atoms with Gasteiger partial charge in [0.15, 0.2) is 5.96 Å². The third kappa shape index (κ3) is 9.30. The first-order valence-corrected chi connectivity index (χ1v) is 9.04. The largest absolute Gasteiger partial charge is 0.416 e. The lowest BCUT2D eigenvalue weighted by molar-refractivity contribution is -0.137. The highest BCUT2D eigenvalue weighted by molar-refractivity contribution is 14.0. The summed E-state index contributed by atoms with van der Waals surface area (Å²) in [6.45, 7) is 2.83. The van der Waals surface area contributed by atoms with E-state index in [1.807, 2.05) is 6.92 Å². The average molecular weight is 479 g/mol. The molecule has 5 nitrogen and oxygen atoms in total. The first-order chi connectivity index (χ1) is 10.6. The van der Waals surface area contributed by atoms with Crippen LogP contribution in [-0.2, 0) is 22.6 Å². The van der Waals surface area contributed by atoms with Crippen LogP contribution in [-0.4, -0.2) is 39.5 Å². The van der Waals surface area contributed by atoms with Gasteiger partial charge in [0.1, 0.15) is 9.84 Å². The molecule has 1 rings (SSSR count). The monoisotopic (exact) mass is 479 g/mol. The zero-order valence-corrected chi connectivity index (χ0v) is 16.5. The van der Waals surface area contributed by atoms with Crippen molar-refractivity contribution in [1.29, 1.82) is 0 Å². The van der Waals surface area contributed by atoms with Gasteiger partial charge in [-0.2, -0.15) is 13.2 Å². The van der Waals surface area contributed by atoms with E-state index in [1.165, 1.54) is 12.1 Å². The van der Waals surface area contributed by atoms with Crippen molar-refractivity contribution < 1.29 is 21.6 Å². The smallest absolute Gasteiger partial charge is 0.357 e. The number of hydrogen-bond acceptors (Lipinski definition) is 3. The van der Waals surface area contributed by atoms with Crippen LogP contribution in [0.5, 0.6) is 0 Å². The minimum atomic E-state index is -4.36. The summed E-state index contributed by atoms with van der Waals surface area (Å²) >= 11 is 0. The second kappa shape index (κ2) is 10.1. The second-order valence-corrected chi connectivity index (χ2v) is 7.21. The molecule has 0 saturated heterocycles. The van der Waals surface area contributed by atoms with Crippen LogP contribution < -0.4 is 10.6 Å². The molecule has 0 atom stereocenters. The summed E-state index contributed by atoms with van der Waals surface area (Å²) in [7, 11) is -3.07. The van der Waals surface area contributed by atoms with E-state index >= 15 is 0 Å². The van der Waals surface area contributed by atoms with E-state index in [9.17, 15) is 21.6 Å². The molecule has 0 aliphatic heterocycles. The molecule has 0 aromatic heterocycles. The van der Waals surface area contributed by atoms with Gasteiger partial charge in [0.2, 0.25) is 0 Å². The number of hydrogen-bond donors (Lipinski definition) is 2. The number of aliphatic imine (C=N–C) groups is 1. The molecule has 0 heterocycles. The molecule has 0 spiro atoms. The molecule has 2 N–H and O–H groups in total. The molecule has 0 fully saturated rings. The topological polar surface area (TPSA) is 70.6 Å². The Balaban J connectivity index is 0.00000529. The molecule has 0 saturated carbocycles. The standard InChI is InChI=1S/C14H20F3N3O2S.HI/c1-3-18-13(19-8-9-23(2,21)22)20-10-11-4-6-12(7-5-11)14(15,16)17;/h4-7H,3,8-10H2,1-2H3,(H2,18,19,20);1H. The van der Waals surface area contributed by atoms with Crippen molar-refractivity contribution in [2.45, 2.75) is 19.6 Å². The molecule has 138 valence electrons. The Morgan fingerprint density at radius 3 is 2.21 bits per heavy atom. The summed E-state index contributed by atoms with van der Waals surface area (Å²) in [6.07, 6.45) is -3.22. The number of guanidine groups is 1. The Morgan fingerprint density at radius 1 is 1.17 bits per heavy atom. The molecule has 1 aromatic carbocycles. The third-order valence-corrected chi connectivity index (χ3v) is 3.76. The molecule has 0 radical (unpaired) electrons. The highest BCUT2D eigenvalue weighted by Crippen LogP contribution is 2.29. The normalized spacial score (nSPS) is 12.5. The molecule has 10 heteroatoms. The van der Waals surface area contributed by atoms with Crippen LogP contribution in [0.2, 0.25) is 0 Å². The van der Waals surface area contributed by atoms with Gasteiger partial charge in [0.25, 0.3) is 0 Å². The lowest BCUT2D eigenvalue weighted by Crippen LogP contribution is -2.39. The Morgan fingerprint density at radius 2 is 1.75 bits per heavy atom. The first-order valence-electron chi connectivity index (χ1n) is 6.98. The van der Waals surface area contributed by atoms with Gasteiger partial charge in [-0.1, -0.05) is 12.1 Å². The van der Waals surface area contributed by atoms with Crippen molar-refractivity contribution in [3.63, 3.8) is 0 Å². The van der Waals surface area contributed by atoms with Gasteiger partial charge in [-0.25, -0.2) is 13.4 Å². The summed E-state index contributed by atoms with van der Waals surface area (Å²) in [5.74, 6) is 0.383. The summed E-state index contributed by atoms with van der Waals surface area (Å²) in [6, 6.07) is 4.75. The summed E-state index contributed by atoms with van der Waals surface area (Å²) in [4.78, 5) is 4.21. The molecule has 24 heavy (non-hydrogen) atoms. The zero-order valence-electron chi connectivity index (χ0n) is 13.4. The van der Waals surface area contributed by atoms with Crippen molar-refractivity contribution in [3.05, 3.63) is 35.4 Å². The number of nitrogens with one attached hydrogen (secondary N) is 2. The highest BCUT2D eigenvalue weighted by Gasteiger charge is 2.29. The molecule has 1 aromatic rings. The van der Waals surface area contributed by atoms with Gasteiger partial charge in [-0.15, -0.1) is 24.0 Å². The SMILES string of the molecule is CCNC(=NCc1ccc(C(F)(F)F)cc1)NCCS(C)(=O)=O.I. The van der Waals surface area contributed by atoms with Crippen LogP contribution in [0, 0.1) is 0 Å². The maximum atomic E-state index is 12.5. The second-order valence-electron chi connectivity index (χ2n) is 4.95. The van der Waals surface area contributed by atoms with E-state index in [-0.39, 0.29) is 42.8 Å². The maximum absolute atomic E-state index is 12.5. The minimum Gasteiger partial charge on any atom is -0.357 e. The lowest BCUT2D eigenvalue weighted by Gasteiger charge is -2.11. The Kier molecular flexibility index (Phi) is 9.63. The number of rotatable bonds is 6. The fourth-order valence-corrected chi connectivity index (χ4v) is 2.14. The number of benzene rings is 1. The van der Waals surface area contributed by atoms with Crippen LogP contribution in [0.3, 0.4) is 0 Å². The maximum Gasteiger partial charge on any atom is 0.416 e. The van der Waals surface area contributed by atoms with E-state index < -0.39 is 21.6 Å². The fraction of sp³-hybridized carbons (Fsp3) is 0.500. The molecule has 0 bridgehead atoms. The van der Waals surface area contributed by atoms with E-state index in [0.29, 0.717) is 18.1 Å². The molecular weight excluding hydrogens is 458 g/mol. The van der Waals surface area contributed by atoms with Crippen LogP contribution in [0.25, 0.3) is 0 Å². The molecular formula is C14H21F3IN3O2S. The number of nitrogens with zero attached hydrogens (tertiary/aromatic N) is 1. The summed E-state index contributed by atoms with van der Waals surface area (Å²) < 4.78 is 59.6. The highest BCUT2D eigenvalue weighted by atomic mass is 127. The predicted molar refractivity (Wildman–Crippen MR) is 99.4 cm³/mol. The van der Waals surface area contributed by atoms with Gasteiger partial charge in [-0.3, -0.25) is 0 Å². The number of alkyl halides is 3. The molecule has 0 aliphatic rings. The molecule has 0 aliphatic carbocycles. The number of sulfone groups is 1. The Hall–Kier alpha value is -1.04. The molecule has 0 amide bonds. The van der Waals surface area contributed by atoms with E-state index in [2.05, 4.69) is 15.6 Å². The van der Waals surface area contributed by atoms with Gasteiger partial charge in [0.05, 0.1) is 17.9 Å². The van der Waals surface area contributed by atoms with Gasteiger partial charge in [0, 0.05) is 19.3 Å². The van der Waals surface area contributed by atoms with Crippen LogP contribution in [0.15, 0.2) is 29.3 Å². The van der Waals surface area contributed by atoms with Crippen molar-refractivity contribution in [2.24, 2.45) is 4.99 Å². The van der Waals surface area contributed by atoms with E-state index in [4.69, 9.17) is 0 Å². The van der Waals surface area contributed by atoms with Crippen molar-refractivity contribution >= 4 is 39.8 Å². The summed E-state index contributed by atoms with van der Waals surface area (Å²) in [5, 5.41) is 5.80.